The summed E-state index contributed by atoms with van der Waals surface area (Å²) in [6, 6.07) is 8.60. The summed E-state index contributed by atoms with van der Waals surface area (Å²) < 4.78 is 19.1. The van der Waals surface area contributed by atoms with Crippen molar-refractivity contribution in [3.63, 3.8) is 0 Å². The van der Waals surface area contributed by atoms with Gasteiger partial charge in [-0.2, -0.15) is 0 Å². The van der Waals surface area contributed by atoms with Crippen LogP contribution in [-0.4, -0.2) is 16.9 Å². The summed E-state index contributed by atoms with van der Waals surface area (Å²) in [5.41, 5.74) is 0.0660. The quantitative estimate of drug-likeness (QED) is 0.483. The number of anilines is 1. The van der Waals surface area contributed by atoms with Crippen molar-refractivity contribution in [1.82, 2.24) is 5.32 Å². The lowest BCUT2D eigenvalue weighted by Crippen LogP contribution is -2.54. The summed E-state index contributed by atoms with van der Waals surface area (Å²) in [6.07, 6.45) is 1.30. The first-order chi connectivity index (χ1) is 11.0. The van der Waals surface area contributed by atoms with Crippen molar-refractivity contribution in [1.29, 1.82) is 0 Å². The maximum absolute atomic E-state index is 13.4. The summed E-state index contributed by atoms with van der Waals surface area (Å²) in [5, 5.41) is 2.30. The Balaban J connectivity index is 2.02. The molecule has 116 valence electrons. The molecule has 1 aliphatic rings. The summed E-state index contributed by atoms with van der Waals surface area (Å²) >= 11 is 8.16. The van der Waals surface area contributed by atoms with Gasteiger partial charge in [0.15, 0.2) is 9.78 Å². The van der Waals surface area contributed by atoms with E-state index in [2.05, 4.69) is 21.2 Å². The molecule has 3 rings (SSSR count). The van der Waals surface area contributed by atoms with E-state index in [0.29, 0.717) is 10.4 Å². The Morgan fingerprint density at radius 3 is 2.70 bits per heavy atom. The molecule has 2 aromatic rings. The first-order valence-electron chi connectivity index (χ1n) is 6.38. The van der Waals surface area contributed by atoms with Gasteiger partial charge in [0.1, 0.15) is 17.2 Å². The van der Waals surface area contributed by atoms with Gasteiger partial charge >= 0.3 is 0 Å². The summed E-state index contributed by atoms with van der Waals surface area (Å²) in [6.45, 7) is 0. The zero-order valence-corrected chi connectivity index (χ0v) is 13.8. The monoisotopic (exact) mass is 394 g/mol. The lowest BCUT2D eigenvalue weighted by Gasteiger charge is -2.28. The van der Waals surface area contributed by atoms with Crippen molar-refractivity contribution in [2.24, 2.45) is 0 Å². The molecule has 0 spiro atoms. The lowest BCUT2D eigenvalue weighted by molar-refractivity contribution is -0.122. The Morgan fingerprint density at radius 1 is 1.26 bits per heavy atom. The number of benzene rings is 1. The van der Waals surface area contributed by atoms with Crippen LogP contribution in [0.5, 0.6) is 0 Å². The molecule has 8 heteroatoms. The number of carbonyl (C=O) groups is 2. The number of thiocarbonyl (C=S) groups is 1. The Bertz CT molecular complexity index is 862. The molecule has 0 saturated carbocycles. The van der Waals surface area contributed by atoms with Crippen LogP contribution < -0.4 is 10.2 Å². The molecular formula is C15H8BrFN2O3S. The van der Waals surface area contributed by atoms with Crippen molar-refractivity contribution < 1.29 is 18.4 Å². The number of furan rings is 1. The highest BCUT2D eigenvalue weighted by atomic mass is 79.9. The fourth-order valence-corrected chi connectivity index (χ4v) is 2.66. The third kappa shape index (κ3) is 3.08. The molecule has 2 amide bonds. The van der Waals surface area contributed by atoms with Crippen LogP contribution in [0, 0.1) is 5.82 Å². The fraction of sp³-hybridized carbons (Fsp3) is 0. The maximum atomic E-state index is 13.4. The van der Waals surface area contributed by atoms with Crippen LogP contribution in [0.25, 0.3) is 6.08 Å². The second kappa shape index (κ2) is 6.05. The van der Waals surface area contributed by atoms with Crippen molar-refractivity contribution >= 4 is 56.8 Å². The number of hydrogen-bond donors (Lipinski definition) is 1. The largest absolute Gasteiger partial charge is 0.450 e. The number of halogens is 2. The minimum Gasteiger partial charge on any atom is -0.450 e. The van der Waals surface area contributed by atoms with E-state index in [4.69, 9.17) is 16.6 Å². The predicted molar refractivity (Wildman–Crippen MR) is 89.0 cm³/mol. The first kappa shape index (κ1) is 15.6. The van der Waals surface area contributed by atoms with Crippen molar-refractivity contribution in [2.45, 2.75) is 0 Å². The third-order valence-electron chi connectivity index (χ3n) is 3.05. The van der Waals surface area contributed by atoms with Gasteiger partial charge in [0.2, 0.25) is 0 Å². The number of nitrogens with zero attached hydrogens (tertiary/aromatic N) is 1. The highest BCUT2D eigenvalue weighted by molar-refractivity contribution is 9.10. The van der Waals surface area contributed by atoms with E-state index < -0.39 is 17.6 Å². The molecule has 1 aliphatic heterocycles. The molecular weight excluding hydrogens is 387 g/mol. The van der Waals surface area contributed by atoms with Crippen molar-refractivity contribution in [2.75, 3.05) is 4.90 Å². The van der Waals surface area contributed by atoms with Crippen LogP contribution in [0.4, 0.5) is 10.1 Å². The Morgan fingerprint density at radius 2 is 2.04 bits per heavy atom. The summed E-state index contributed by atoms with van der Waals surface area (Å²) in [5.74, 6) is -1.49. The molecule has 5 nitrogen and oxygen atoms in total. The van der Waals surface area contributed by atoms with Crippen LogP contribution in [0.15, 0.2) is 51.1 Å². The van der Waals surface area contributed by atoms with E-state index in [-0.39, 0.29) is 16.4 Å². The normalized spacial score (nSPS) is 16.9. The maximum Gasteiger partial charge on any atom is 0.270 e. The molecule has 1 aromatic heterocycles. The Kier molecular flexibility index (Phi) is 4.10. The van der Waals surface area contributed by atoms with Crippen molar-refractivity contribution in [3.05, 3.63) is 58.2 Å². The molecule has 0 aliphatic carbocycles. The minimum absolute atomic E-state index is 0.108. The average molecular weight is 395 g/mol. The molecule has 1 aromatic carbocycles. The van der Waals surface area contributed by atoms with Gasteiger partial charge in [-0.3, -0.25) is 19.8 Å². The minimum atomic E-state index is -0.656. The van der Waals surface area contributed by atoms with Crippen molar-refractivity contribution in [3.8, 4) is 0 Å². The van der Waals surface area contributed by atoms with Crippen LogP contribution >= 0.6 is 28.1 Å². The van der Waals surface area contributed by atoms with Gasteiger partial charge in [0, 0.05) is 0 Å². The SMILES string of the molecule is O=C1NC(=S)N(c2cccc(F)c2)C(=O)/C1=C/c1ccc(Br)o1. The smallest absolute Gasteiger partial charge is 0.270 e. The Hall–Kier alpha value is -2.32. The number of carbonyl (C=O) groups excluding carboxylic acids is 2. The van der Waals surface area contributed by atoms with Gasteiger partial charge < -0.3 is 4.42 Å². The van der Waals surface area contributed by atoms with Gasteiger partial charge in [0.05, 0.1) is 5.69 Å². The molecule has 23 heavy (non-hydrogen) atoms. The average Bonchev–Trinajstić information content (AvgIpc) is 2.89. The van der Waals surface area contributed by atoms with Crippen LogP contribution in [0.2, 0.25) is 0 Å². The number of rotatable bonds is 2. The van der Waals surface area contributed by atoms with E-state index in [1.165, 1.54) is 24.3 Å². The van der Waals surface area contributed by atoms with Crippen LogP contribution in [0.1, 0.15) is 5.76 Å². The standard InChI is InChI=1S/C15H8BrFN2O3S/c16-12-5-4-10(22-12)7-11-13(20)18-15(23)19(14(11)21)9-3-1-2-8(17)6-9/h1-7H,(H,18,20,23)/b11-7+. The van der Waals surface area contributed by atoms with Gasteiger partial charge in [0.25, 0.3) is 11.8 Å². The summed E-state index contributed by atoms with van der Waals surface area (Å²) in [4.78, 5) is 25.7. The topological polar surface area (TPSA) is 62.6 Å². The second-order valence-corrected chi connectivity index (χ2v) is 5.75. The molecule has 1 N–H and O–H groups in total. The van der Waals surface area contributed by atoms with E-state index in [1.807, 2.05) is 0 Å². The van der Waals surface area contributed by atoms with E-state index in [1.54, 1.807) is 12.1 Å². The van der Waals surface area contributed by atoms with E-state index >= 15 is 0 Å². The molecule has 0 atom stereocenters. The van der Waals surface area contributed by atoms with Gasteiger partial charge in [-0.05, 0) is 64.6 Å². The third-order valence-corrected chi connectivity index (χ3v) is 3.76. The zero-order valence-electron chi connectivity index (χ0n) is 11.4. The zero-order chi connectivity index (χ0) is 16.6. The van der Waals surface area contributed by atoms with Crippen LogP contribution in [-0.2, 0) is 9.59 Å². The molecule has 0 bridgehead atoms. The Labute approximate surface area is 143 Å². The second-order valence-electron chi connectivity index (χ2n) is 4.58. The molecule has 0 unspecified atom stereocenters. The van der Waals surface area contributed by atoms with Gasteiger partial charge in [-0.15, -0.1) is 0 Å². The molecule has 1 fully saturated rings. The highest BCUT2D eigenvalue weighted by Crippen LogP contribution is 2.23. The van der Waals surface area contributed by atoms with E-state index in [9.17, 15) is 14.0 Å². The molecule has 0 radical (unpaired) electrons. The number of nitrogens with one attached hydrogen (secondary N) is 1. The highest BCUT2D eigenvalue weighted by Gasteiger charge is 2.34. The first-order valence-corrected chi connectivity index (χ1v) is 7.58. The van der Waals surface area contributed by atoms with Gasteiger partial charge in [-0.1, -0.05) is 6.07 Å². The number of hydrogen-bond acceptors (Lipinski definition) is 4. The fourth-order valence-electron chi connectivity index (χ4n) is 2.06. The predicted octanol–water partition coefficient (Wildman–Crippen LogP) is 3.01. The van der Waals surface area contributed by atoms with Gasteiger partial charge in [-0.25, -0.2) is 4.39 Å². The van der Waals surface area contributed by atoms with E-state index in [0.717, 1.165) is 11.0 Å². The molecule has 1 saturated heterocycles. The molecule has 2 heterocycles. The lowest BCUT2D eigenvalue weighted by atomic mass is 10.1. The number of amides is 2. The van der Waals surface area contributed by atoms with Crippen LogP contribution in [0.3, 0.4) is 0 Å². The summed E-state index contributed by atoms with van der Waals surface area (Å²) in [7, 11) is 0.